The van der Waals surface area contributed by atoms with E-state index in [1.54, 1.807) is 43.1 Å². The zero-order chi connectivity index (χ0) is 21.5. The molecule has 3 heterocycles. The Labute approximate surface area is 176 Å². The number of rotatable bonds is 3. The van der Waals surface area contributed by atoms with E-state index in [0.29, 0.717) is 31.7 Å². The van der Waals surface area contributed by atoms with Crippen molar-refractivity contribution in [3.63, 3.8) is 0 Å². The first-order valence-electron chi connectivity index (χ1n) is 9.82. The maximum Gasteiger partial charge on any atom is 0.254 e. The summed E-state index contributed by atoms with van der Waals surface area (Å²) < 4.78 is 25.9. The first kappa shape index (κ1) is 20.3. The fourth-order valence-electron chi connectivity index (χ4n) is 3.89. The van der Waals surface area contributed by atoms with E-state index >= 15 is 0 Å². The molecule has 4 rings (SSSR count). The number of pyridine rings is 1. The predicted octanol–water partition coefficient (Wildman–Crippen LogP) is 1.75. The lowest BCUT2D eigenvalue weighted by molar-refractivity contribution is -0.123. The molecule has 0 bridgehead atoms. The van der Waals surface area contributed by atoms with Gasteiger partial charge in [0.2, 0.25) is 15.9 Å². The number of hydrogen-bond acceptors (Lipinski definition) is 6. The zero-order valence-corrected chi connectivity index (χ0v) is 17.8. The van der Waals surface area contributed by atoms with Gasteiger partial charge in [0.05, 0.1) is 16.9 Å². The number of hydrogen-bond donors (Lipinski definition) is 0. The Bertz CT molecular complexity index is 1080. The van der Waals surface area contributed by atoms with Crippen molar-refractivity contribution in [2.45, 2.75) is 13.8 Å². The molecular formula is C21H24N4O4S. The van der Waals surface area contributed by atoms with Gasteiger partial charge in [0, 0.05) is 37.9 Å². The Morgan fingerprint density at radius 1 is 1.03 bits per heavy atom. The molecule has 1 aromatic carbocycles. The Kier molecular flexibility index (Phi) is 5.01. The van der Waals surface area contributed by atoms with Crippen LogP contribution in [0.5, 0.6) is 0 Å². The maximum atomic E-state index is 13.0. The molecule has 0 unspecified atom stereocenters. The van der Waals surface area contributed by atoms with Crippen LogP contribution in [0.4, 0.5) is 11.5 Å². The van der Waals surface area contributed by atoms with Gasteiger partial charge in [-0.1, -0.05) is 12.1 Å². The monoisotopic (exact) mass is 428 g/mol. The fraction of sp³-hybridized carbons (Fsp3) is 0.381. The molecule has 0 N–H and O–H groups in total. The summed E-state index contributed by atoms with van der Waals surface area (Å²) in [6.45, 7) is 5.62. The maximum absolute atomic E-state index is 13.0. The Morgan fingerprint density at radius 2 is 1.77 bits per heavy atom. The summed E-state index contributed by atoms with van der Waals surface area (Å²) in [5, 5.41) is 0. The van der Waals surface area contributed by atoms with E-state index in [1.165, 1.54) is 6.07 Å². The van der Waals surface area contributed by atoms with Gasteiger partial charge in [0.25, 0.3) is 5.91 Å². The molecule has 0 aliphatic carbocycles. The molecule has 8 nitrogen and oxygen atoms in total. The molecule has 2 fully saturated rings. The molecule has 0 saturated carbocycles. The first-order chi connectivity index (χ1) is 14.2. The molecule has 0 spiro atoms. The number of amides is 2. The highest BCUT2D eigenvalue weighted by Gasteiger charge is 2.50. The highest BCUT2D eigenvalue weighted by molar-refractivity contribution is 7.94. The van der Waals surface area contributed by atoms with Crippen molar-refractivity contribution in [1.82, 2.24) is 9.88 Å². The van der Waals surface area contributed by atoms with Crippen molar-refractivity contribution in [3.05, 3.63) is 54.2 Å². The fourth-order valence-corrected chi connectivity index (χ4v) is 5.99. The normalized spacial score (nSPS) is 20.5. The van der Waals surface area contributed by atoms with Crippen molar-refractivity contribution in [2.24, 2.45) is 5.41 Å². The minimum absolute atomic E-state index is 0.180. The lowest BCUT2D eigenvalue weighted by Crippen LogP contribution is -2.49. The molecule has 9 heteroatoms. The second kappa shape index (κ2) is 7.39. The van der Waals surface area contributed by atoms with Gasteiger partial charge in [0.15, 0.2) is 0 Å². The van der Waals surface area contributed by atoms with Crippen LogP contribution in [0.3, 0.4) is 0 Å². The smallest absolute Gasteiger partial charge is 0.254 e. The van der Waals surface area contributed by atoms with Crippen molar-refractivity contribution in [1.29, 1.82) is 0 Å². The van der Waals surface area contributed by atoms with E-state index in [1.807, 2.05) is 18.2 Å². The second-order valence-electron chi connectivity index (χ2n) is 8.23. The third-order valence-electron chi connectivity index (χ3n) is 5.45. The van der Waals surface area contributed by atoms with Crippen LogP contribution in [0.15, 0.2) is 48.7 Å². The number of piperazine rings is 1. The number of aromatic nitrogens is 1. The first-order valence-corrected chi connectivity index (χ1v) is 11.4. The Balaban J connectivity index is 1.51. The van der Waals surface area contributed by atoms with Gasteiger partial charge in [-0.25, -0.2) is 17.7 Å². The van der Waals surface area contributed by atoms with Gasteiger partial charge in [-0.05, 0) is 44.2 Å². The largest absolute Gasteiger partial charge is 0.353 e. The minimum Gasteiger partial charge on any atom is -0.353 e. The minimum atomic E-state index is -3.76. The van der Waals surface area contributed by atoms with Gasteiger partial charge in [-0.2, -0.15) is 0 Å². The summed E-state index contributed by atoms with van der Waals surface area (Å²) in [6, 6.07) is 12.0. The molecule has 0 atom stereocenters. The molecule has 1 aromatic heterocycles. The summed E-state index contributed by atoms with van der Waals surface area (Å²) in [7, 11) is -3.76. The quantitative estimate of drug-likeness (QED) is 0.740. The van der Waals surface area contributed by atoms with E-state index in [0.717, 1.165) is 10.1 Å². The van der Waals surface area contributed by atoms with Crippen LogP contribution in [-0.4, -0.2) is 62.0 Å². The van der Waals surface area contributed by atoms with Crippen molar-refractivity contribution >= 4 is 33.3 Å². The van der Waals surface area contributed by atoms with Crippen molar-refractivity contribution in [2.75, 3.05) is 41.1 Å². The third-order valence-corrected chi connectivity index (χ3v) is 7.47. The zero-order valence-electron chi connectivity index (χ0n) is 17.0. The van der Waals surface area contributed by atoms with Crippen molar-refractivity contribution < 1.29 is 18.0 Å². The summed E-state index contributed by atoms with van der Waals surface area (Å²) in [4.78, 5) is 33.9. The van der Waals surface area contributed by atoms with E-state index in [2.05, 4.69) is 9.88 Å². The lowest BCUT2D eigenvalue weighted by atomic mass is 9.95. The summed E-state index contributed by atoms with van der Waals surface area (Å²) in [5.74, 6) is -0.0178. The van der Waals surface area contributed by atoms with Gasteiger partial charge in [0.1, 0.15) is 5.82 Å². The Hall–Kier alpha value is -2.94. The van der Waals surface area contributed by atoms with Crippen molar-refractivity contribution in [3.8, 4) is 0 Å². The lowest BCUT2D eigenvalue weighted by Gasteiger charge is -2.35. The predicted molar refractivity (Wildman–Crippen MR) is 114 cm³/mol. The highest BCUT2D eigenvalue weighted by atomic mass is 32.2. The standard InChI is InChI=1S/C21H24N4O4S/c1-21(2)15-30(28,29)25(20(21)27)17-7-5-6-16(14-17)19(26)24-12-10-23(11-13-24)18-8-3-4-9-22-18/h3-9,14H,10-13,15H2,1-2H3. The van der Waals surface area contributed by atoms with Crippen LogP contribution in [0.1, 0.15) is 24.2 Å². The number of sulfonamides is 1. The molecule has 2 aliphatic rings. The number of anilines is 2. The summed E-state index contributed by atoms with van der Waals surface area (Å²) in [6.07, 6.45) is 1.74. The molecule has 30 heavy (non-hydrogen) atoms. The molecular weight excluding hydrogens is 404 g/mol. The molecule has 158 valence electrons. The van der Waals surface area contributed by atoms with E-state index in [9.17, 15) is 18.0 Å². The molecule has 0 radical (unpaired) electrons. The molecule has 2 aliphatic heterocycles. The van der Waals surface area contributed by atoms with E-state index < -0.39 is 21.3 Å². The summed E-state index contributed by atoms with van der Waals surface area (Å²) in [5.41, 5.74) is -0.407. The number of nitrogens with zero attached hydrogens (tertiary/aromatic N) is 4. The SMILES string of the molecule is CC1(C)CS(=O)(=O)N(c2cccc(C(=O)N3CCN(c4ccccn4)CC3)c2)C1=O. The molecule has 2 saturated heterocycles. The van der Waals surface area contributed by atoms with Crippen LogP contribution < -0.4 is 9.21 Å². The topological polar surface area (TPSA) is 90.9 Å². The number of benzene rings is 1. The van der Waals surface area contributed by atoms with Gasteiger partial charge in [-0.15, -0.1) is 0 Å². The molecule has 2 amide bonds. The van der Waals surface area contributed by atoms with Crippen LogP contribution in [-0.2, 0) is 14.8 Å². The van der Waals surface area contributed by atoms with Crippen LogP contribution in [0.2, 0.25) is 0 Å². The van der Waals surface area contributed by atoms with Crippen LogP contribution >= 0.6 is 0 Å². The van der Waals surface area contributed by atoms with Crippen LogP contribution in [0, 0.1) is 5.41 Å². The highest BCUT2D eigenvalue weighted by Crippen LogP contribution is 2.36. The average molecular weight is 429 g/mol. The van der Waals surface area contributed by atoms with Crippen LogP contribution in [0.25, 0.3) is 0 Å². The van der Waals surface area contributed by atoms with Gasteiger partial charge in [-0.3, -0.25) is 9.59 Å². The Morgan fingerprint density at radius 3 is 2.37 bits per heavy atom. The second-order valence-corrected chi connectivity index (χ2v) is 10.0. The average Bonchev–Trinajstić information content (AvgIpc) is 2.90. The number of carbonyl (C=O) groups is 2. The summed E-state index contributed by atoms with van der Waals surface area (Å²) >= 11 is 0. The van der Waals surface area contributed by atoms with Gasteiger partial charge >= 0.3 is 0 Å². The van der Waals surface area contributed by atoms with E-state index in [-0.39, 0.29) is 17.3 Å². The van der Waals surface area contributed by atoms with Gasteiger partial charge < -0.3 is 9.80 Å². The van der Waals surface area contributed by atoms with E-state index in [4.69, 9.17) is 0 Å². The third kappa shape index (κ3) is 3.65. The number of carbonyl (C=O) groups excluding carboxylic acids is 2. The molecule has 2 aromatic rings.